The van der Waals surface area contributed by atoms with Crippen LogP contribution in [0.1, 0.15) is 6.42 Å². The number of carbonyl (C=O) groups excluding carboxylic acids is 2. The fourth-order valence-electron chi connectivity index (χ4n) is 0.807. The van der Waals surface area contributed by atoms with Crippen molar-refractivity contribution in [3.05, 3.63) is 0 Å². The van der Waals surface area contributed by atoms with Crippen LogP contribution in [0.5, 0.6) is 0 Å². The minimum atomic E-state index is -0.707. The minimum absolute atomic E-state index is 0.169. The Hall–Kier alpha value is -1.26. The van der Waals surface area contributed by atoms with E-state index in [2.05, 4.69) is 10.1 Å². The van der Waals surface area contributed by atoms with Gasteiger partial charge in [0.2, 0.25) is 5.91 Å². The lowest BCUT2D eigenvalue weighted by Crippen LogP contribution is -2.34. The third kappa shape index (κ3) is 7.09. The zero-order valence-corrected chi connectivity index (χ0v) is 9.88. The van der Waals surface area contributed by atoms with Gasteiger partial charge in [0.15, 0.2) is 0 Å². The molecular weight excluding hydrogens is 230 g/mol. The Kier molecular flexibility index (Phi) is 8.29. The quantitative estimate of drug-likeness (QED) is 0.451. The van der Waals surface area contributed by atoms with Gasteiger partial charge in [0.05, 0.1) is 25.4 Å². The lowest BCUT2D eigenvalue weighted by molar-refractivity contribution is -0.141. The van der Waals surface area contributed by atoms with Gasteiger partial charge in [-0.1, -0.05) is 0 Å². The largest absolute Gasteiger partial charge is 0.468 e. The molecule has 0 saturated carbocycles. The van der Waals surface area contributed by atoms with Crippen molar-refractivity contribution < 1.29 is 14.3 Å². The highest BCUT2D eigenvalue weighted by Crippen LogP contribution is 2.02. The fourth-order valence-corrected chi connectivity index (χ4v) is 1.60. The number of methoxy groups -OCH3 is 1. The van der Waals surface area contributed by atoms with E-state index in [9.17, 15) is 9.59 Å². The first kappa shape index (κ1) is 14.7. The van der Waals surface area contributed by atoms with Gasteiger partial charge in [-0.3, -0.25) is 9.59 Å². The highest BCUT2D eigenvalue weighted by Gasteiger charge is 2.13. The van der Waals surface area contributed by atoms with E-state index in [4.69, 9.17) is 11.0 Å². The lowest BCUT2D eigenvalue weighted by Gasteiger charge is -2.08. The molecule has 0 aromatic rings. The second-order valence-electron chi connectivity index (χ2n) is 2.90. The normalized spacial score (nSPS) is 11.3. The number of hydrogen-bond donors (Lipinski definition) is 2. The Morgan fingerprint density at radius 2 is 2.31 bits per heavy atom. The molecule has 16 heavy (non-hydrogen) atoms. The number of nitrogens with zero attached hydrogens (tertiary/aromatic N) is 1. The zero-order valence-electron chi connectivity index (χ0n) is 9.06. The third-order valence-corrected chi connectivity index (χ3v) is 2.65. The van der Waals surface area contributed by atoms with Crippen molar-refractivity contribution in [2.24, 2.45) is 5.73 Å². The van der Waals surface area contributed by atoms with Crippen LogP contribution in [-0.2, 0) is 14.3 Å². The molecule has 0 aliphatic heterocycles. The predicted octanol–water partition coefficient (Wildman–Crippen LogP) is -0.750. The zero-order chi connectivity index (χ0) is 12.4. The molecule has 0 aliphatic carbocycles. The number of nitrogens with two attached hydrogens (primary N) is 1. The van der Waals surface area contributed by atoms with E-state index in [-0.39, 0.29) is 18.1 Å². The van der Waals surface area contributed by atoms with E-state index in [0.717, 1.165) is 0 Å². The molecule has 0 saturated heterocycles. The molecule has 0 aliphatic rings. The summed E-state index contributed by atoms with van der Waals surface area (Å²) in [5.41, 5.74) is 5.47. The predicted molar refractivity (Wildman–Crippen MR) is 60.6 cm³/mol. The summed E-state index contributed by atoms with van der Waals surface area (Å²) in [5.74, 6) is -0.108. The van der Waals surface area contributed by atoms with Crippen LogP contribution in [0, 0.1) is 11.3 Å². The summed E-state index contributed by atoms with van der Waals surface area (Å²) in [6, 6.07) is 1.21. The van der Waals surface area contributed by atoms with Crippen molar-refractivity contribution in [3.63, 3.8) is 0 Å². The van der Waals surface area contributed by atoms with Gasteiger partial charge in [-0.05, 0) is 0 Å². The van der Waals surface area contributed by atoms with Crippen LogP contribution in [0.15, 0.2) is 0 Å². The van der Waals surface area contributed by atoms with E-state index in [0.29, 0.717) is 12.3 Å². The van der Waals surface area contributed by atoms with E-state index in [1.54, 1.807) is 0 Å². The van der Waals surface area contributed by atoms with Gasteiger partial charge in [0.1, 0.15) is 6.04 Å². The molecule has 0 rings (SSSR count). The molecule has 1 amide bonds. The van der Waals surface area contributed by atoms with Gasteiger partial charge in [-0.2, -0.15) is 5.26 Å². The number of ether oxygens (including phenoxy) is 1. The first-order chi connectivity index (χ1) is 7.61. The number of amides is 1. The van der Waals surface area contributed by atoms with Gasteiger partial charge in [-0.15, -0.1) is 11.8 Å². The summed E-state index contributed by atoms with van der Waals surface area (Å²) < 4.78 is 4.44. The molecule has 0 aromatic heterocycles. The van der Waals surface area contributed by atoms with Crippen molar-refractivity contribution in [1.29, 1.82) is 5.26 Å². The molecule has 0 radical (unpaired) electrons. The third-order valence-electron chi connectivity index (χ3n) is 1.59. The highest BCUT2D eigenvalue weighted by atomic mass is 32.2. The number of thioether (sulfide) groups is 1. The van der Waals surface area contributed by atoms with Crippen LogP contribution in [0.4, 0.5) is 0 Å². The standard InChI is InChI=1S/C9H15N3O3S/c1-15-9(14)7(11)5-16-6-8(13)12-4-2-3-10/h7H,2,4-6,11H2,1H3,(H,12,13). The number of nitrogens with one attached hydrogen (secondary N) is 1. The Labute approximate surface area is 98.5 Å². The summed E-state index contributed by atoms with van der Waals surface area (Å²) in [6.45, 7) is 0.346. The van der Waals surface area contributed by atoms with Crippen LogP contribution >= 0.6 is 11.8 Å². The van der Waals surface area contributed by atoms with Gasteiger partial charge < -0.3 is 15.8 Å². The number of esters is 1. The fraction of sp³-hybridized carbons (Fsp3) is 0.667. The number of nitriles is 1. The summed E-state index contributed by atoms with van der Waals surface area (Å²) >= 11 is 1.25. The summed E-state index contributed by atoms with van der Waals surface area (Å²) in [7, 11) is 1.27. The molecule has 0 aromatic carbocycles. The molecule has 0 spiro atoms. The Morgan fingerprint density at radius 3 is 2.88 bits per heavy atom. The maximum atomic E-state index is 11.1. The molecule has 1 atom stereocenters. The molecule has 0 heterocycles. The maximum absolute atomic E-state index is 11.1. The molecule has 0 fully saturated rings. The van der Waals surface area contributed by atoms with Crippen molar-refractivity contribution in [2.45, 2.75) is 12.5 Å². The van der Waals surface area contributed by atoms with Crippen LogP contribution in [0.3, 0.4) is 0 Å². The van der Waals surface area contributed by atoms with Gasteiger partial charge in [0, 0.05) is 12.3 Å². The van der Waals surface area contributed by atoms with Crippen molar-refractivity contribution >= 4 is 23.6 Å². The van der Waals surface area contributed by atoms with E-state index in [1.165, 1.54) is 18.9 Å². The monoisotopic (exact) mass is 245 g/mol. The second kappa shape index (κ2) is 9.00. The van der Waals surface area contributed by atoms with Crippen molar-refractivity contribution in [1.82, 2.24) is 5.32 Å². The summed E-state index contributed by atoms with van der Waals surface area (Å²) in [4.78, 5) is 22.0. The Balaban J connectivity index is 3.54. The Morgan fingerprint density at radius 1 is 1.62 bits per heavy atom. The second-order valence-corrected chi connectivity index (χ2v) is 3.93. The van der Waals surface area contributed by atoms with Crippen LogP contribution < -0.4 is 11.1 Å². The first-order valence-electron chi connectivity index (χ1n) is 4.66. The number of hydrogen-bond acceptors (Lipinski definition) is 6. The van der Waals surface area contributed by atoms with Crippen LogP contribution in [0.2, 0.25) is 0 Å². The molecule has 0 bridgehead atoms. The molecular formula is C9H15N3O3S. The summed E-state index contributed by atoms with van der Waals surface area (Å²) in [5, 5.41) is 10.8. The number of rotatable bonds is 7. The smallest absolute Gasteiger partial charge is 0.323 e. The summed E-state index contributed by atoms with van der Waals surface area (Å²) in [6.07, 6.45) is 0.290. The van der Waals surface area contributed by atoms with Gasteiger partial charge >= 0.3 is 5.97 Å². The van der Waals surface area contributed by atoms with Gasteiger partial charge in [0.25, 0.3) is 0 Å². The highest BCUT2D eigenvalue weighted by molar-refractivity contribution is 8.00. The Bertz CT molecular complexity index is 278. The molecule has 3 N–H and O–H groups in total. The minimum Gasteiger partial charge on any atom is -0.468 e. The van der Waals surface area contributed by atoms with Gasteiger partial charge in [-0.25, -0.2) is 0 Å². The van der Waals surface area contributed by atoms with Crippen molar-refractivity contribution in [2.75, 3.05) is 25.2 Å². The SMILES string of the molecule is COC(=O)C(N)CSCC(=O)NCCC#N. The molecule has 7 heteroatoms. The van der Waals surface area contributed by atoms with E-state index in [1.807, 2.05) is 6.07 Å². The number of carbonyl (C=O) groups is 2. The van der Waals surface area contributed by atoms with Crippen LogP contribution in [0.25, 0.3) is 0 Å². The van der Waals surface area contributed by atoms with Crippen molar-refractivity contribution in [3.8, 4) is 6.07 Å². The first-order valence-corrected chi connectivity index (χ1v) is 5.82. The lowest BCUT2D eigenvalue weighted by atomic mass is 10.4. The average Bonchev–Trinajstić information content (AvgIpc) is 2.28. The van der Waals surface area contributed by atoms with E-state index < -0.39 is 12.0 Å². The average molecular weight is 245 g/mol. The molecule has 90 valence electrons. The molecule has 6 nitrogen and oxygen atoms in total. The topological polar surface area (TPSA) is 105 Å². The maximum Gasteiger partial charge on any atom is 0.323 e. The molecule has 1 unspecified atom stereocenters. The van der Waals surface area contributed by atoms with Crippen LogP contribution in [-0.4, -0.2) is 43.1 Å². The van der Waals surface area contributed by atoms with E-state index >= 15 is 0 Å².